The number of aromatic nitrogens is 2. The standard InChI is InChI=1S/C25H34N6O4/c1-25(2,3)35-24(34)30-12-10-29(11-13-30)16-14-31(15-16)19-7-5-6-17-21(27-28(4)22(17)19)18-8-9-20(32)26-23(18)33/h5-7,16,18H,8-15H2,1-4H3,(H,26,32,33). The molecule has 3 saturated heterocycles. The first-order valence-corrected chi connectivity index (χ1v) is 12.4. The van der Waals surface area contributed by atoms with Crippen molar-refractivity contribution in [2.75, 3.05) is 44.2 Å². The quantitative estimate of drug-likeness (QED) is 0.667. The summed E-state index contributed by atoms with van der Waals surface area (Å²) in [6.45, 7) is 10.5. The van der Waals surface area contributed by atoms with Crippen molar-refractivity contribution in [2.24, 2.45) is 7.05 Å². The molecule has 5 rings (SSSR count). The van der Waals surface area contributed by atoms with Gasteiger partial charge in [0.2, 0.25) is 11.8 Å². The van der Waals surface area contributed by atoms with E-state index in [0.717, 1.165) is 48.5 Å². The van der Waals surface area contributed by atoms with Crippen molar-refractivity contribution in [2.45, 2.75) is 51.2 Å². The molecule has 3 aliphatic heterocycles. The number of para-hydroxylation sites is 1. The fraction of sp³-hybridized carbons (Fsp3) is 0.600. The lowest BCUT2D eigenvalue weighted by Gasteiger charge is -2.49. The maximum Gasteiger partial charge on any atom is 0.410 e. The largest absolute Gasteiger partial charge is 0.444 e. The molecule has 2 aromatic rings. The Balaban J connectivity index is 1.24. The van der Waals surface area contributed by atoms with Crippen molar-refractivity contribution in [1.29, 1.82) is 0 Å². The monoisotopic (exact) mass is 482 g/mol. The molecule has 3 amide bonds. The number of imide groups is 1. The second kappa shape index (κ2) is 8.82. The van der Waals surface area contributed by atoms with Gasteiger partial charge in [-0.2, -0.15) is 5.10 Å². The molecular weight excluding hydrogens is 448 g/mol. The maximum atomic E-state index is 12.5. The summed E-state index contributed by atoms with van der Waals surface area (Å²) in [6.07, 6.45) is 0.590. The minimum Gasteiger partial charge on any atom is -0.444 e. The minimum absolute atomic E-state index is 0.217. The molecule has 1 aromatic carbocycles. The minimum atomic E-state index is -0.479. The Kier molecular flexibility index (Phi) is 5.94. The van der Waals surface area contributed by atoms with Crippen LogP contribution in [0.2, 0.25) is 0 Å². The van der Waals surface area contributed by atoms with Gasteiger partial charge in [-0.1, -0.05) is 12.1 Å². The number of piperazine rings is 1. The number of amides is 3. The predicted molar refractivity (Wildman–Crippen MR) is 131 cm³/mol. The van der Waals surface area contributed by atoms with Gasteiger partial charge in [-0.15, -0.1) is 0 Å². The van der Waals surface area contributed by atoms with Crippen molar-refractivity contribution < 1.29 is 19.1 Å². The highest BCUT2D eigenvalue weighted by Gasteiger charge is 2.37. The molecule has 1 aromatic heterocycles. The molecule has 3 aliphatic rings. The Bertz CT molecular complexity index is 1150. The van der Waals surface area contributed by atoms with E-state index in [0.29, 0.717) is 32.0 Å². The Morgan fingerprint density at radius 2 is 1.83 bits per heavy atom. The number of aryl methyl sites for hydroxylation is 1. The molecule has 4 heterocycles. The summed E-state index contributed by atoms with van der Waals surface area (Å²) in [5.74, 6) is -0.885. The van der Waals surface area contributed by atoms with Crippen LogP contribution in [0.1, 0.15) is 45.2 Å². The van der Waals surface area contributed by atoms with E-state index >= 15 is 0 Å². The van der Waals surface area contributed by atoms with Crippen LogP contribution in [0.25, 0.3) is 10.9 Å². The Morgan fingerprint density at radius 3 is 2.49 bits per heavy atom. The first-order valence-electron chi connectivity index (χ1n) is 12.4. The highest BCUT2D eigenvalue weighted by atomic mass is 16.6. The predicted octanol–water partition coefficient (Wildman–Crippen LogP) is 1.83. The fourth-order valence-electron chi connectivity index (χ4n) is 5.29. The molecule has 0 aliphatic carbocycles. The number of hydrogen-bond donors (Lipinski definition) is 1. The summed E-state index contributed by atoms with van der Waals surface area (Å²) >= 11 is 0. The van der Waals surface area contributed by atoms with Crippen molar-refractivity contribution in [3.05, 3.63) is 23.9 Å². The number of fused-ring (bicyclic) bond motifs is 1. The average Bonchev–Trinajstić information content (AvgIpc) is 3.09. The first kappa shape index (κ1) is 23.6. The molecular formula is C25H34N6O4. The normalized spacial score (nSPS) is 22.3. The van der Waals surface area contributed by atoms with Crippen LogP contribution in [0.4, 0.5) is 10.5 Å². The molecule has 35 heavy (non-hydrogen) atoms. The van der Waals surface area contributed by atoms with Crippen LogP contribution < -0.4 is 10.2 Å². The third-order valence-electron chi connectivity index (χ3n) is 7.13. The second-order valence-corrected chi connectivity index (χ2v) is 10.7. The van der Waals surface area contributed by atoms with Gasteiger partial charge in [0.1, 0.15) is 5.60 Å². The van der Waals surface area contributed by atoms with Gasteiger partial charge in [-0.25, -0.2) is 4.79 Å². The van der Waals surface area contributed by atoms with Crippen LogP contribution in [-0.2, 0) is 21.4 Å². The highest BCUT2D eigenvalue weighted by molar-refractivity contribution is 6.03. The Labute approximate surface area is 205 Å². The van der Waals surface area contributed by atoms with E-state index in [4.69, 9.17) is 9.84 Å². The van der Waals surface area contributed by atoms with Gasteiger partial charge >= 0.3 is 6.09 Å². The van der Waals surface area contributed by atoms with Gasteiger partial charge in [0.05, 0.1) is 22.8 Å². The topological polar surface area (TPSA) is 100 Å². The third-order valence-corrected chi connectivity index (χ3v) is 7.13. The zero-order valence-electron chi connectivity index (χ0n) is 20.9. The lowest BCUT2D eigenvalue weighted by Crippen LogP contribution is -2.63. The Hall–Kier alpha value is -3.14. The highest BCUT2D eigenvalue weighted by Crippen LogP contribution is 2.36. The number of carbonyl (C=O) groups is 3. The average molecular weight is 483 g/mol. The lowest BCUT2D eigenvalue weighted by atomic mass is 9.92. The molecule has 10 heteroatoms. The van der Waals surface area contributed by atoms with Crippen molar-refractivity contribution in [3.8, 4) is 0 Å². The molecule has 1 unspecified atom stereocenters. The number of hydrogen-bond acceptors (Lipinski definition) is 7. The van der Waals surface area contributed by atoms with Gasteiger partial charge in [0.15, 0.2) is 0 Å². The summed E-state index contributed by atoms with van der Waals surface area (Å²) in [7, 11) is 1.91. The van der Waals surface area contributed by atoms with E-state index in [1.807, 2.05) is 44.6 Å². The van der Waals surface area contributed by atoms with E-state index in [2.05, 4.69) is 21.2 Å². The number of anilines is 1. The summed E-state index contributed by atoms with van der Waals surface area (Å²) in [4.78, 5) is 43.0. The number of ether oxygens (including phenoxy) is 1. The molecule has 1 atom stereocenters. The van der Waals surface area contributed by atoms with Crippen LogP contribution in [0.15, 0.2) is 18.2 Å². The third kappa shape index (κ3) is 4.59. The zero-order valence-corrected chi connectivity index (χ0v) is 20.9. The molecule has 3 fully saturated rings. The van der Waals surface area contributed by atoms with Crippen LogP contribution in [0, 0.1) is 0 Å². The number of carbonyl (C=O) groups excluding carboxylic acids is 3. The van der Waals surface area contributed by atoms with Gasteiger partial charge in [-0.05, 0) is 33.3 Å². The number of nitrogens with zero attached hydrogens (tertiary/aromatic N) is 5. The molecule has 10 nitrogen and oxygen atoms in total. The molecule has 188 valence electrons. The van der Waals surface area contributed by atoms with Gasteiger partial charge in [0, 0.05) is 64.2 Å². The van der Waals surface area contributed by atoms with Crippen molar-refractivity contribution in [1.82, 2.24) is 24.9 Å². The molecule has 0 bridgehead atoms. The van der Waals surface area contributed by atoms with E-state index < -0.39 is 11.5 Å². The summed E-state index contributed by atoms with van der Waals surface area (Å²) in [5, 5.41) is 8.12. The van der Waals surface area contributed by atoms with Crippen LogP contribution in [0.5, 0.6) is 0 Å². The van der Waals surface area contributed by atoms with Crippen LogP contribution in [-0.4, -0.2) is 88.4 Å². The summed E-state index contributed by atoms with van der Waals surface area (Å²) < 4.78 is 7.37. The van der Waals surface area contributed by atoms with E-state index in [1.54, 1.807) is 4.90 Å². The number of nitrogens with one attached hydrogen (secondary N) is 1. The summed E-state index contributed by atoms with van der Waals surface area (Å²) in [5.41, 5.74) is 2.39. The second-order valence-electron chi connectivity index (χ2n) is 10.7. The van der Waals surface area contributed by atoms with Crippen LogP contribution >= 0.6 is 0 Å². The smallest absolute Gasteiger partial charge is 0.410 e. The fourth-order valence-corrected chi connectivity index (χ4v) is 5.29. The van der Waals surface area contributed by atoms with E-state index in [-0.39, 0.29) is 17.9 Å². The number of rotatable bonds is 3. The molecule has 0 saturated carbocycles. The van der Waals surface area contributed by atoms with Gasteiger partial charge < -0.3 is 14.5 Å². The van der Waals surface area contributed by atoms with Crippen LogP contribution in [0.3, 0.4) is 0 Å². The molecule has 0 radical (unpaired) electrons. The first-order chi connectivity index (χ1) is 16.6. The van der Waals surface area contributed by atoms with E-state index in [1.165, 1.54) is 0 Å². The zero-order chi connectivity index (χ0) is 24.9. The van der Waals surface area contributed by atoms with Crippen molar-refractivity contribution >= 4 is 34.5 Å². The maximum absolute atomic E-state index is 12.5. The lowest BCUT2D eigenvalue weighted by molar-refractivity contribution is -0.134. The number of benzene rings is 1. The molecule has 0 spiro atoms. The number of piperidine rings is 1. The molecule has 1 N–H and O–H groups in total. The van der Waals surface area contributed by atoms with Gasteiger partial charge in [-0.3, -0.25) is 24.5 Å². The van der Waals surface area contributed by atoms with E-state index in [9.17, 15) is 14.4 Å². The SMILES string of the molecule is Cn1nc(C2CCC(=O)NC2=O)c2cccc(N3CC(N4CCN(C(=O)OC(C)(C)C)CC4)C3)c21. The van der Waals surface area contributed by atoms with Crippen molar-refractivity contribution in [3.63, 3.8) is 0 Å². The summed E-state index contributed by atoms with van der Waals surface area (Å²) in [6, 6.07) is 6.57. The van der Waals surface area contributed by atoms with Gasteiger partial charge in [0.25, 0.3) is 0 Å². The Morgan fingerprint density at radius 1 is 1.11 bits per heavy atom.